The molecule has 0 radical (unpaired) electrons. The molecule has 0 saturated heterocycles. The second-order valence-corrected chi connectivity index (χ2v) is 4.79. The zero-order chi connectivity index (χ0) is 14.7. The molecule has 0 aromatic heterocycles. The number of halogens is 2. The Bertz CT molecular complexity index is 664. The Labute approximate surface area is 122 Å². The highest BCUT2D eigenvalue weighted by molar-refractivity contribution is 9.10. The van der Waals surface area contributed by atoms with Crippen molar-refractivity contribution in [2.45, 2.75) is 6.54 Å². The smallest absolute Gasteiger partial charge is 0.311 e. The van der Waals surface area contributed by atoms with Crippen molar-refractivity contribution in [3.63, 3.8) is 0 Å². The van der Waals surface area contributed by atoms with Crippen molar-refractivity contribution < 1.29 is 14.1 Å². The van der Waals surface area contributed by atoms with Crippen LogP contribution in [0.2, 0.25) is 0 Å². The third kappa shape index (κ3) is 3.12. The predicted octanol–water partition coefficient (Wildman–Crippen LogP) is 3.75. The predicted molar refractivity (Wildman–Crippen MR) is 75.2 cm³/mol. The fourth-order valence-corrected chi connectivity index (χ4v) is 2.10. The minimum absolute atomic E-state index is 0.156. The first-order valence-electron chi connectivity index (χ1n) is 5.61. The van der Waals surface area contributed by atoms with Gasteiger partial charge in [0.05, 0.1) is 9.40 Å². The van der Waals surface area contributed by atoms with Crippen molar-refractivity contribution >= 4 is 21.6 Å². The zero-order valence-electron chi connectivity index (χ0n) is 10.2. The number of nitro groups is 1. The molecule has 0 spiro atoms. The van der Waals surface area contributed by atoms with Crippen LogP contribution in [0.15, 0.2) is 40.9 Å². The Kier molecular flexibility index (Phi) is 4.31. The van der Waals surface area contributed by atoms with Gasteiger partial charge in [-0.2, -0.15) is 0 Å². The number of nitro benzene ring substituents is 1. The van der Waals surface area contributed by atoms with Crippen LogP contribution in [0.5, 0.6) is 11.5 Å². The molecule has 2 rings (SSSR count). The van der Waals surface area contributed by atoms with E-state index in [1.807, 2.05) is 0 Å². The molecule has 5 nitrogen and oxygen atoms in total. The summed E-state index contributed by atoms with van der Waals surface area (Å²) in [5.41, 5.74) is 6.07. The SMILES string of the molecule is NCc1ccc(Oc2cc(F)ccc2[N+](=O)[O-])c(Br)c1. The van der Waals surface area contributed by atoms with E-state index in [0.29, 0.717) is 16.8 Å². The second kappa shape index (κ2) is 5.98. The Morgan fingerprint density at radius 1 is 1.25 bits per heavy atom. The van der Waals surface area contributed by atoms with Crippen molar-refractivity contribution in [3.8, 4) is 11.5 Å². The lowest BCUT2D eigenvalue weighted by Gasteiger charge is -2.09. The fourth-order valence-electron chi connectivity index (χ4n) is 1.59. The molecule has 0 atom stereocenters. The summed E-state index contributed by atoms with van der Waals surface area (Å²) in [7, 11) is 0. The van der Waals surface area contributed by atoms with Crippen LogP contribution < -0.4 is 10.5 Å². The Hall–Kier alpha value is -1.99. The molecule has 2 aromatic carbocycles. The first-order chi connectivity index (χ1) is 9.51. The maximum absolute atomic E-state index is 13.2. The minimum Gasteiger partial charge on any atom is -0.449 e. The third-order valence-electron chi connectivity index (χ3n) is 2.57. The van der Waals surface area contributed by atoms with Crippen molar-refractivity contribution in [3.05, 3.63) is 62.4 Å². The van der Waals surface area contributed by atoms with Crippen LogP contribution in [0.1, 0.15) is 5.56 Å². The monoisotopic (exact) mass is 340 g/mol. The van der Waals surface area contributed by atoms with E-state index in [1.54, 1.807) is 18.2 Å². The van der Waals surface area contributed by atoms with E-state index in [-0.39, 0.29) is 11.4 Å². The first kappa shape index (κ1) is 14.4. The largest absolute Gasteiger partial charge is 0.449 e. The van der Waals surface area contributed by atoms with Gasteiger partial charge in [0.1, 0.15) is 11.6 Å². The van der Waals surface area contributed by atoms with E-state index >= 15 is 0 Å². The molecule has 20 heavy (non-hydrogen) atoms. The first-order valence-corrected chi connectivity index (χ1v) is 6.41. The van der Waals surface area contributed by atoms with Crippen LogP contribution in [-0.4, -0.2) is 4.92 Å². The van der Waals surface area contributed by atoms with Crippen molar-refractivity contribution in [2.24, 2.45) is 5.73 Å². The number of ether oxygens (including phenoxy) is 1. The normalized spacial score (nSPS) is 10.3. The molecule has 0 saturated carbocycles. The summed E-state index contributed by atoms with van der Waals surface area (Å²) in [4.78, 5) is 10.3. The zero-order valence-corrected chi connectivity index (χ0v) is 11.8. The number of hydrogen-bond donors (Lipinski definition) is 1. The standard InChI is InChI=1S/C13H10BrFN2O3/c14-10-5-8(7-16)1-4-12(10)20-13-6-9(15)2-3-11(13)17(18)19/h1-6H,7,16H2. The van der Waals surface area contributed by atoms with Crippen LogP contribution in [0.3, 0.4) is 0 Å². The average Bonchev–Trinajstić information content (AvgIpc) is 2.40. The van der Waals surface area contributed by atoms with Gasteiger partial charge in [-0.15, -0.1) is 0 Å². The summed E-state index contributed by atoms with van der Waals surface area (Å²) in [5, 5.41) is 10.9. The number of nitrogens with zero attached hydrogens (tertiary/aromatic N) is 1. The van der Waals surface area contributed by atoms with Crippen LogP contribution in [0.25, 0.3) is 0 Å². The number of hydrogen-bond acceptors (Lipinski definition) is 4. The highest BCUT2D eigenvalue weighted by Gasteiger charge is 2.17. The number of benzene rings is 2. The molecule has 0 fully saturated rings. The van der Waals surface area contributed by atoms with E-state index in [4.69, 9.17) is 10.5 Å². The molecule has 0 amide bonds. The summed E-state index contributed by atoms with van der Waals surface area (Å²) >= 11 is 3.28. The van der Waals surface area contributed by atoms with Crippen LogP contribution in [-0.2, 0) is 6.54 Å². The Morgan fingerprint density at radius 3 is 2.60 bits per heavy atom. The summed E-state index contributed by atoms with van der Waals surface area (Å²) in [6, 6.07) is 8.12. The molecule has 7 heteroatoms. The maximum atomic E-state index is 13.2. The lowest BCUT2D eigenvalue weighted by atomic mass is 10.2. The third-order valence-corrected chi connectivity index (χ3v) is 3.19. The van der Waals surface area contributed by atoms with Crippen LogP contribution in [0, 0.1) is 15.9 Å². The van der Waals surface area contributed by atoms with Gasteiger partial charge in [-0.1, -0.05) is 6.07 Å². The molecule has 2 aromatic rings. The van der Waals surface area contributed by atoms with E-state index in [1.165, 1.54) is 0 Å². The topological polar surface area (TPSA) is 78.4 Å². The summed E-state index contributed by atoms with van der Waals surface area (Å²) < 4.78 is 19.2. The van der Waals surface area contributed by atoms with E-state index < -0.39 is 10.7 Å². The molecule has 0 heterocycles. The average molecular weight is 341 g/mol. The van der Waals surface area contributed by atoms with Gasteiger partial charge >= 0.3 is 5.69 Å². The van der Waals surface area contributed by atoms with E-state index in [2.05, 4.69) is 15.9 Å². The molecule has 0 aliphatic heterocycles. The van der Waals surface area contributed by atoms with Crippen LogP contribution >= 0.6 is 15.9 Å². The Balaban J connectivity index is 2.39. The van der Waals surface area contributed by atoms with Crippen molar-refractivity contribution in [1.82, 2.24) is 0 Å². The lowest BCUT2D eigenvalue weighted by Crippen LogP contribution is -1.97. The van der Waals surface area contributed by atoms with Gasteiger partial charge in [-0.25, -0.2) is 4.39 Å². The molecule has 0 unspecified atom stereocenters. The fraction of sp³-hybridized carbons (Fsp3) is 0.0769. The molecule has 0 bridgehead atoms. The second-order valence-electron chi connectivity index (χ2n) is 3.94. The van der Waals surface area contributed by atoms with Crippen LogP contribution in [0.4, 0.5) is 10.1 Å². The van der Waals surface area contributed by atoms with Gasteiger partial charge in [0.2, 0.25) is 5.75 Å². The number of nitrogens with two attached hydrogens (primary N) is 1. The molecular formula is C13H10BrFN2O3. The van der Waals surface area contributed by atoms with Gasteiger partial charge in [0.15, 0.2) is 0 Å². The summed E-state index contributed by atoms with van der Waals surface area (Å²) in [6.45, 7) is 0.360. The number of rotatable bonds is 4. The highest BCUT2D eigenvalue weighted by atomic mass is 79.9. The molecular weight excluding hydrogens is 331 g/mol. The quantitative estimate of drug-likeness (QED) is 0.679. The maximum Gasteiger partial charge on any atom is 0.311 e. The van der Waals surface area contributed by atoms with Gasteiger partial charge in [0.25, 0.3) is 0 Å². The Morgan fingerprint density at radius 2 is 2.00 bits per heavy atom. The van der Waals surface area contributed by atoms with Gasteiger partial charge < -0.3 is 10.5 Å². The minimum atomic E-state index is -0.628. The van der Waals surface area contributed by atoms with Crippen molar-refractivity contribution in [2.75, 3.05) is 0 Å². The van der Waals surface area contributed by atoms with Gasteiger partial charge in [0, 0.05) is 18.7 Å². The summed E-state index contributed by atoms with van der Waals surface area (Å²) in [6.07, 6.45) is 0. The molecule has 0 aliphatic carbocycles. The van der Waals surface area contributed by atoms with E-state index in [0.717, 1.165) is 23.8 Å². The lowest BCUT2D eigenvalue weighted by molar-refractivity contribution is -0.385. The summed E-state index contributed by atoms with van der Waals surface area (Å²) in [5.74, 6) is -0.424. The van der Waals surface area contributed by atoms with Crippen molar-refractivity contribution in [1.29, 1.82) is 0 Å². The van der Waals surface area contributed by atoms with Gasteiger partial charge in [-0.05, 0) is 39.7 Å². The van der Waals surface area contributed by atoms with Gasteiger partial charge in [-0.3, -0.25) is 10.1 Å². The molecule has 2 N–H and O–H groups in total. The molecule has 0 aliphatic rings. The van der Waals surface area contributed by atoms with E-state index in [9.17, 15) is 14.5 Å². The highest BCUT2D eigenvalue weighted by Crippen LogP contribution is 2.35. The molecule has 104 valence electrons.